The van der Waals surface area contributed by atoms with Gasteiger partial charge in [0.25, 0.3) is 0 Å². The predicted molar refractivity (Wildman–Crippen MR) is 99.5 cm³/mol. The Kier molecular flexibility index (Phi) is 6.44. The van der Waals surface area contributed by atoms with E-state index in [9.17, 15) is 4.79 Å². The molecule has 2 heterocycles. The van der Waals surface area contributed by atoms with Gasteiger partial charge in [0.1, 0.15) is 0 Å². The summed E-state index contributed by atoms with van der Waals surface area (Å²) < 4.78 is 0. The van der Waals surface area contributed by atoms with E-state index >= 15 is 0 Å². The molecule has 5 heteroatoms. The van der Waals surface area contributed by atoms with Gasteiger partial charge in [0.2, 0.25) is 5.91 Å². The Morgan fingerprint density at radius 3 is 2.33 bits per heavy atom. The zero-order chi connectivity index (χ0) is 15.6. The van der Waals surface area contributed by atoms with Crippen LogP contribution in [0, 0.1) is 17.8 Å². The number of carbonyl (C=O) groups is 1. The summed E-state index contributed by atoms with van der Waals surface area (Å²) >= 11 is 0. The number of hydrogen-bond acceptors (Lipinski definition) is 3. The zero-order valence-electron chi connectivity index (χ0n) is 14.9. The van der Waals surface area contributed by atoms with Crippen LogP contribution in [-0.4, -0.2) is 61.0 Å². The first kappa shape index (κ1) is 18.5. The van der Waals surface area contributed by atoms with Gasteiger partial charge in [0.05, 0.1) is 0 Å². The lowest BCUT2D eigenvalue weighted by Crippen LogP contribution is -2.54. The van der Waals surface area contributed by atoms with Crippen molar-refractivity contribution in [3.63, 3.8) is 0 Å². The lowest BCUT2D eigenvalue weighted by atomic mass is 9.67. The molecule has 1 amide bonds. The van der Waals surface area contributed by atoms with Crippen molar-refractivity contribution in [2.75, 3.05) is 39.3 Å². The molecular weight excluding hydrogens is 322 g/mol. The SMILES string of the molecule is Cl.O=C(C1CCC2CCCCC2C1)N1CCN(C2CCNC2)CC1. The van der Waals surface area contributed by atoms with Gasteiger partial charge in [0.15, 0.2) is 0 Å². The summed E-state index contributed by atoms with van der Waals surface area (Å²) in [6, 6.07) is 0.713. The highest BCUT2D eigenvalue weighted by atomic mass is 35.5. The van der Waals surface area contributed by atoms with Gasteiger partial charge in [-0.1, -0.05) is 25.7 Å². The lowest BCUT2D eigenvalue weighted by Gasteiger charge is -2.42. The van der Waals surface area contributed by atoms with Gasteiger partial charge in [-0.2, -0.15) is 0 Å². The van der Waals surface area contributed by atoms with E-state index < -0.39 is 0 Å². The summed E-state index contributed by atoms with van der Waals surface area (Å²) in [4.78, 5) is 17.7. The fraction of sp³-hybridized carbons (Fsp3) is 0.947. The van der Waals surface area contributed by atoms with Gasteiger partial charge in [-0.05, 0) is 44.1 Å². The van der Waals surface area contributed by atoms with Crippen molar-refractivity contribution < 1.29 is 4.79 Å². The van der Waals surface area contributed by atoms with Gasteiger partial charge >= 0.3 is 0 Å². The summed E-state index contributed by atoms with van der Waals surface area (Å²) in [5.41, 5.74) is 0. The smallest absolute Gasteiger partial charge is 0.225 e. The van der Waals surface area contributed by atoms with Crippen LogP contribution in [0.3, 0.4) is 0 Å². The van der Waals surface area contributed by atoms with E-state index in [1.54, 1.807) is 0 Å². The Hall–Kier alpha value is -0.320. The van der Waals surface area contributed by atoms with Crippen LogP contribution in [0.5, 0.6) is 0 Å². The number of piperazine rings is 1. The minimum Gasteiger partial charge on any atom is -0.340 e. The molecule has 4 unspecified atom stereocenters. The molecule has 138 valence electrons. The van der Waals surface area contributed by atoms with Crippen molar-refractivity contribution in [2.45, 2.75) is 57.4 Å². The van der Waals surface area contributed by atoms with Gasteiger partial charge in [0, 0.05) is 44.7 Å². The first-order valence-electron chi connectivity index (χ1n) is 10.0. The molecule has 2 saturated carbocycles. The van der Waals surface area contributed by atoms with Crippen LogP contribution in [0.2, 0.25) is 0 Å². The second-order valence-electron chi connectivity index (χ2n) is 8.32. The van der Waals surface area contributed by atoms with Crippen molar-refractivity contribution in [3.05, 3.63) is 0 Å². The second kappa shape index (κ2) is 8.37. The average molecular weight is 356 g/mol. The number of carbonyl (C=O) groups excluding carboxylic acids is 1. The Labute approximate surface area is 153 Å². The molecule has 4 aliphatic rings. The molecule has 0 radical (unpaired) electrons. The second-order valence-corrected chi connectivity index (χ2v) is 8.32. The minimum atomic E-state index is 0. The molecular formula is C19H34ClN3O. The van der Waals surface area contributed by atoms with Crippen LogP contribution >= 0.6 is 12.4 Å². The van der Waals surface area contributed by atoms with E-state index in [2.05, 4.69) is 15.1 Å². The predicted octanol–water partition coefficient (Wildman–Crippen LogP) is 2.52. The molecule has 0 spiro atoms. The summed E-state index contributed by atoms with van der Waals surface area (Å²) in [6.07, 6.45) is 10.6. The number of halogens is 1. The van der Waals surface area contributed by atoms with Crippen LogP contribution < -0.4 is 5.32 Å². The van der Waals surface area contributed by atoms with Crippen LogP contribution in [0.25, 0.3) is 0 Å². The van der Waals surface area contributed by atoms with Crippen molar-refractivity contribution in [1.82, 2.24) is 15.1 Å². The number of fused-ring (bicyclic) bond motifs is 1. The number of rotatable bonds is 2. The van der Waals surface area contributed by atoms with Gasteiger partial charge in [-0.25, -0.2) is 0 Å². The molecule has 2 aliphatic heterocycles. The summed E-state index contributed by atoms with van der Waals surface area (Å²) in [6.45, 7) is 6.38. The fourth-order valence-corrected chi connectivity index (χ4v) is 5.61. The van der Waals surface area contributed by atoms with Crippen LogP contribution in [-0.2, 0) is 4.79 Å². The first-order valence-corrected chi connectivity index (χ1v) is 10.0. The topological polar surface area (TPSA) is 35.6 Å². The molecule has 4 atom stereocenters. The van der Waals surface area contributed by atoms with E-state index in [1.807, 2.05) is 0 Å². The summed E-state index contributed by atoms with van der Waals surface area (Å²) in [5.74, 6) is 2.63. The molecule has 0 aromatic heterocycles. The largest absolute Gasteiger partial charge is 0.340 e. The Balaban J connectivity index is 0.00000169. The number of hydrogen-bond donors (Lipinski definition) is 1. The molecule has 4 rings (SSSR count). The molecule has 2 saturated heterocycles. The first-order chi connectivity index (χ1) is 11.3. The van der Waals surface area contributed by atoms with Crippen molar-refractivity contribution in [1.29, 1.82) is 0 Å². The highest BCUT2D eigenvalue weighted by molar-refractivity contribution is 5.85. The molecule has 24 heavy (non-hydrogen) atoms. The summed E-state index contributed by atoms with van der Waals surface area (Å²) in [7, 11) is 0. The van der Waals surface area contributed by atoms with Crippen molar-refractivity contribution in [2.24, 2.45) is 17.8 Å². The monoisotopic (exact) mass is 355 g/mol. The van der Waals surface area contributed by atoms with Gasteiger partial charge in [-0.3, -0.25) is 9.69 Å². The van der Waals surface area contributed by atoms with Crippen molar-refractivity contribution >= 4 is 18.3 Å². The maximum atomic E-state index is 13.0. The zero-order valence-corrected chi connectivity index (χ0v) is 15.7. The maximum absolute atomic E-state index is 13.0. The van der Waals surface area contributed by atoms with E-state index in [0.29, 0.717) is 17.9 Å². The Morgan fingerprint density at radius 1 is 0.875 bits per heavy atom. The Bertz CT molecular complexity index is 419. The van der Waals surface area contributed by atoms with Gasteiger partial charge in [-0.15, -0.1) is 12.4 Å². The molecule has 0 bridgehead atoms. The normalized spacial score (nSPS) is 37.6. The quantitative estimate of drug-likeness (QED) is 0.826. The third kappa shape index (κ3) is 3.91. The summed E-state index contributed by atoms with van der Waals surface area (Å²) in [5, 5.41) is 3.46. The molecule has 2 aliphatic carbocycles. The van der Waals surface area contributed by atoms with E-state index in [1.165, 1.54) is 44.9 Å². The number of nitrogens with one attached hydrogen (secondary N) is 1. The van der Waals surface area contributed by atoms with Crippen molar-refractivity contribution in [3.8, 4) is 0 Å². The number of nitrogens with zero attached hydrogens (tertiary/aromatic N) is 2. The lowest BCUT2D eigenvalue weighted by molar-refractivity contribution is -0.140. The third-order valence-electron chi connectivity index (χ3n) is 7.07. The molecule has 1 N–H and O–H groups in total. The average Bonchev–Trinajstić information content (AvgIpc) is 3.15. The maximum Gasteiger partial charge on any atom is 0.225 e. The third-order valence-corrected chi connectivity index (χ3v) is 7.07. The molecule has 4 nitrogen and oxygen atoms in total. The standard InChI is InChI=1S/C19H33N3O.ClH/c23-19(17-6-5-15-3-1-2-4-16(15)13-17)22-11-9-21(10-12-22)18-7-8-20-14-18;/h15-18,20H,1-14H2;1H. The van der Waals surface area contributed by atoms with E-state index in [-0.39, 0.29) is 12.4 Å². The van der Waals surface area contributed by atoms with Crippen LogP contribution in [0.4, 0.5) is 0 Å². The molecule has 0 aromatic rings. The van der Waals surface area contributed by atoms with Gasteiger partial charge < -0.3 is 10.2 Å². The Morgan fingerprint density at radius 2 is 1.62 bits per heavy atom. The molecule has 4 fully saturated rings. The van der Waals surface area contributed by atoms with E-state index in [4.69, 9.17) is 0 Å². The van der Waals surface area contributed by atoms with E-state index in [0.717, 1.165) is 57.5 Å². The van der Waals surface area contributed by atoms with Crippen LogP contribution in [0.1, 0.15) is 51.4 Å². The highest BCUT2D eigenvalue weighted by Crippen LogP contribution is 2.43. The number of amides is 1. The minimum absolute atomic E-state index is 0. The van der Waals surface area contributed by atoms with Crippen LogP contribution in [0.15, 0.2) is 0 Å². The molecule has 0 aromatic carbocycles. The highest BCUT2D eigenvalue weighted by Gasteiger charge is 2.37. The fourth-order valence-electron chi connectivity index (χ4n) is 5.61.